The van der Waals surface area contributed by atoms with E-state index in [9.17, 15) is 4.79 Å². The zero-order chi connectivity index (χ0) is 25.2. The molecule has 1 heterocycles. The fraction of sp³-hybridized carbons (Fsp3) is 0.310. The topological polar surface area (TPSA) is 65.4 Å². The van der Waals surface area contributed by atoms with Crippen LogP contribution in [0.2, 0.25) is 5.02 Å². The average molecular weight is 506 g/mol. The van der Waals surface area contributed by atoms with Gasteiger partial charge in [-0.2, -0.15) is 0 Å². The highest BCUT2D eigenvalue weighted by molar-refractivity contribution is 6.33. The number of fused-ring (bicyclic) bond motifs is 1. The van der Waals surface area contributed by atoms with Crippen LogP contribution < -0.4 is 14.8 Å². The van der Waals surface area contributed by atoms with E-state index in [0.717, 1.165) is 67.0 Å². The molecule has 0 bridgehead atoms. The lowest BCUT2D eigenvalue weighted by molar-refractivity contribution is 0.0953. The molecule has 0 saturated heterocycles. The van der Waals surface area contributed by atoms with Gasteiger partial charge >= 0.3 is 0 Å². The molecule has 0 unspecified atom stereocenters. The number of imidazole rings is 1. The predicted octanol–water partition coefficient (Wildman–Crippen LogP) is 6.31. The van der Waals surface area contributed by atoms with Gasteiger partial charge in [0.25, 0.3) is 5.91 Å². The molecule has 0 spiro atoms. The van der Waals surface area contributed by atoms with Gasteiger partial charge in [-0.15, -0.1) is 0 Å². The number of hydrogen-bond donors (Lipinski definition) is 1. The first kappa shape index (κ1) is 25.6. The Hall–Kier alpha value is -3.51. The SMILES string of the molecule is COc1ccccc1OCCCn1c(CCCCCNC(=O)c2ccccc2Cl)nc2ccccc21. The summed E-state index contributed by atoms with van der Waals surface area (Å²) in [4.78, 5) is 17.2. The van der Waals surface area contributed by atoms with E-state index in [1.807, 2.05) is 42.5 Å². The van der Waals surface area contributed by atoms with Crippen molar-refractivity contribution in [2.45, 2.75) is 38.6 Å². The molecule has 7 heteroatoms. The highest BCUT2D eigenvalue weighted by atomic mass is 35.5. The number of hydrogen-bond acceptors (Lipinski definition) is 4. The molecule has 36 heavy (non-hydrogen) atoms. The Bertz CT molecular complexity index is 1290. The Morgan fingerprint density at radius 2 is 1.67 bits per heavy atom. The molecule has 1 N–H and O–H groups in total. The Kier molecular flexibility index (Phi) is 9.22. The molecule has 4 aromatic rings. The number of nitrogens with one attached hydrogen (secondary N) is 1. The first-order valence-electron chi connectivity index (χ1n) is 12.4. The monoisotopic (exact) mass is 505 g/mol. The zero-order valence-electron chi connectivity index (χ0n) is 20.6. The Morgan fingerprint density at radius 1 is 0.917 bits per heavy atom. The van der Waals surface area contributed by atoms with Crippen LogP contribution in [0.4, 0.5) is 0 Å². The van der Waals surface area contributed by atoms with Crippen molar-refractivity contribution in [1.29, 1.82) is 0 Å². The van der Waals surface area contributed by atoms with Crippen LogP contribution in [-0.4, -0.2) is 35.7 Å². The molecule has 4 rings (SSSR count). The fourth-order valence-electron chi connectivity index (χ4n) is 4.24. The van der Waals surface area contributed by atoms with E-state index in [1.165, 1.54) is 0 Å². The Balaban J connectivity index is 1.26. The van der Waals surface area contributed by atoms with Gasteiger partial charge in [0.05, 0.1) is 35.3 Å². The maximum Gasteiger partial charge on any atom is 0.252 e. The Morgan fingerprint density at radius 3 is 2.50 bits per heavy atom. The maximum absolute atomic E-state index is 12.3. The minimum atomic E-state index is -0.127. The zero-order valence-corrected chi connectivity index (χ0v) is 21.3. The van der Waals surface area contributed by atoms with Crippen molar-refractivity contribution < 1.29 is 14.3 Å². The number of rotatable bonds is 13. The van der Waals surface area contributed by atoms with Gasteiger partial charge in [0.1, 0.15) is 5.82 Å². The molecule has 0 aliphatic rings. The number of aromatic nitrogens is 2. The fourth-order valence-corrected chi connectivity index (χ4v) is 4.46. The summed E-state index contributed by atoms with van der Waals surface area (Å²) in [5, 5.41) is 3.43. The van der Waals surface area contributed by atoms with Crippen LogP contribution in [0, 0.1) is 0 Å². The van der Waals surface area contributed by atoms with Crippen molar-refractivity contribution in [3.8, 4) is 11.5 Å². The highest BCUT2D eigenvalue weighted by Gasteiger charge is 2.11. The number of carbonyl (C=O) groups excluding carboxylic acids is 1. The lowest BCUT2D eigenvalue weighted by Crippen LogP contribution is -2.24. The summed E-state index contributed by atoms with van der Waals surface area (Å²) in [5.74, 6) is 2.47. The summed E-state index contributed by atoms with van der Waals surface area (Å²) in [6, 6.07) is 23.1. The molecule has 0 saturated carbocycles. The number of amides is 1. The number of carbonyl (C=O) groups is 1. The van der Waals surface area contributed by atoms with Crippen LogP contribution in [0.5, 0.6) is 11.5 Å². The molecule has 1 aromatic heterocycles. The summed E-state index contributed by atoms with van der Waals surface area (Å²) in [5.41, 5.74) is 2.68. The minimum Gasteiger partial charge on any atom is -0.493 e. The van der Waals surface area contributed by atoms with Crippen molar-refractivity contribution in [1.82, 2.24) is 14.9 Å². The summed E-state index contributed by atoms with van der Waals surface area (Å²) < 4.78 is 13.6. The van der Waals surface area contributed by atoms with E-state index in [1.54, 1.807) is 19.2 Å². The standard InChI is InChI=1S/C29H32ClN3O3/c1-35-26-16-8-9-17-27(26)36-21-11-20-33-25-15-7-6-14-24(25)32-28(33)18-3-2-10-19-31-29(34)22-12-4-5-13-23(22)30/h4-9,12-17H,2-3,10-11,18-21H2,1H3,(H,31,34). The summed E-state index contributed by atoms with van der Waals surface area (Å²) in [6.45, 7) is 2.05. The molecular formula is C29H32ClN3O3. The molecule has 1 amide bonds. The molecule has 0 aliphatic carbocycles. The largest absolute Gasteiger partial charge is 0.493 e. The number of methoxy groups -OCH3 is 1. The van der Waals surface area contributed by atoms with E-state index in [0.29, 0.717) is 23.7 Å². The second kappa shape index (κ2) is 13.0. The molecule has 0 aliphatic heterocycles. The van der Waals surface area contributed by atoms with Gasteiger partial charge in [-0.1, -0.05) is 54.4 Å². The second-order valence-corrected chi connectivity index (χ2v) is 8.97. The minimum absolute atomic E-state index is 0.127. The van der Waals surface area contributed by atoms with Gasteiger partial charge in [0, 0.05) is 19.5 Å². The Labute approximate surface area is 217 Å². The normalized spacial score (nSPS) is 10.9. The summed E-state index contributed by atoms with van der Waals surface area (Å²) >= 11 is 6.10. The van der Waals surface area contributed by atoms with E-state index in [-0.39, 0.29) is 5.91 Å². The quantitative estimate of drug-likeness (QED) is 0.216. The van der Waals surface area contributed by atoms with E-state index in [4.69, 9.17) is 26.1 Å². The molecule has 0 fully saturated rings. The van der Waals surface area contributed by atoms with Crippen molar-refractivity contribution >= 4 is 28.5 Å². The van der Waals surface area contributed by atoms with Gasteiger partial charge in [0.2, 0.25) is 0 Å². The number of para-hydroxylation sites is 4. The van der Waals surface area contributed by atoms with Crippen LogP contribution in [0.25, 0.3) is 11.0 Å². The van der Waals surface area contributed by atoms with Crippen LogP contribution in [-0.2, 0) is 13.0 Å². The number of unbranched alkanes of at least 4 members (excludes halogenated alkanes) is 2. The average Bonchev–Trinajstić information content (AvgIpc) is 3.26. The van der Waals surface area contributed by atoms with Gasteiger partial charge in [0.15, 0.2) is 11.5 Å². The third-order valence-electron chi connectivity index (χ3n) is 6.07. The molecule has 0 atom stereocenters. The second-order valence-electron chi connectivity index (χ2n) is 8.57. The van der Waals surface area contributed by atoms with Gasteiger partial charge < -0.3 is 19.4 Å². The number of ether oxygens (including phenoxy) is 2. The van der Waals surface area contributed by atoms with Crippen molar-refractivity contribution in [2.75, 3.05) is 20.3 Å². The first-order chi connectivity index (χ1) is 17.7. The lowest BCUT2D eigenvalue weighted by Gasteiger charge is -2.12. The van der Waals surface area contributed by atoms with Gasteiger partial charge in [-0.25, -0.2) is 4.98 Å². The third kappa shape index (κ3) is 6.58. The van der Waals surface area contributed by atoms with Crippen molar-refractivity contribution in [3.05, 3.63) is 89.2 Å². The van der Waals surface area contributed by atoms with Gasteiger partial charge in [-0.3, -0.25) is 4.79 Å². The summed E-state index contributed by atoms with van der Waals surface area (Å²) in [6.07, 6.45) is 4.66. The highest BCUT2D eigenvalue weighted by Crippen LogP contribution is 2.26. The summed E-state index contributed by atoms with van der Waals surface area (Å²) in [7, 11) is 1.65. The molecule has 3 aromatic carbocycles. The molecule has 188 valence electrons. The van der Waals surface area contributed by atoms with Crippen molar-refractivity contribution in [3.63, 3.8) is 0 Å². The van der Waals surface area contributed by atoms with Crippen LogP contribution in [0.15, 0.2) is 72.8 Å². The molecular weight excluding hydrogens is 474 g/mol. The lowest BCUT2D eigenvalue weighted by atomic mass is 10.1. The van der Waals surface area contributed by atoms with Crippen LogP contribution in [0.3, 0.4) is 0 Å². The van der Waals surface area contributed by atoms with Crippen LogP contribution in [0.1, 0.15) is 41.9 Å². The van der Waals surface area contributed by atoms with Gasteiger partial charge in [-0.05, 0) is 55.7 Å². The number of halogens is 1. The molecule has 6 nitrogen and oxygen atoms in total. The number of benzene rings is 3. The van der Waals surface area contributed by atoms with Crippen LogP contribution >= 0.6 is 11.6 Å². The smallest absolute Gasteiger partial charge is 0.252 e. The van der Waals surface area contributed by atoms with Crippen molar-refractivity contribution in [2.24, 2.45) is 0 Å². The molecule has 0 radical (unpaired) electrons. The number of aryl methyl sites for hydroxylation is 2. The van der Waals surface area contributed by atoms with E-state index >= 15 is 0 Å². The predicted molar refractivity (Wildman–Crippen MR) is 144 cm³/mol. The first-order valence-corrected chi connectivity index (χ1v) is 12.8. The van der Waals surface area contributed by atoms with E-state index in [2.05, 4.69) is 28.1 Å². The number of nitrogens with zero attached hydrogens (tertiary/aromatic N) is 2. The maximum atomic E-state index is 12.3. The third-order valence-corrected chi connectivity index (χ3v) is 6.40. The van der Waals surface area contributed by atoms with E-state index < -0.39 is 0 Å².